The van der Waals surface area contributed by atoms with Gasteiger partial charge in [-0.25, -0.2) is 4.98 Å². The van der Waals surface area contributed by atoms with Gasteiger partial charge in [0.1, 0.15) is 0 Å². The van der Waals surface area contributed by atoms with Crippen LogP contribution < -0.4 is 0 Å². The number of rotatable bonds is 4. The molecule has 1 amide bonds. The first-order valence-electron chi connectivity index (χ1n) is 5.98. The van der Waals surface area contributed by atoms with Crippen molar-refractivity contribution in [2.24, 2.45) is 7.05 Å². The minimum Gasteiger partial charge on any atom is -0.345 e. The van der Waals surface area contributed by atoms with Crippen molar-refractivity contribution in [2.45, 2.75) is 10.9 Å². The van der Waals surface area contributed by atoms with Crippen molar-refractivity contribution in [2.75, 3.05) is 14.1 Å². The quantitative estimate of drug-likeness (QED) is 0.804. The first-order chi connectivity index (χ1) is 9.08. The van der Waals surface area contributed by atoms with Crippen molar-refractivity contribution in [3.63, 3.8) is 0 Å². The van der Waals surface area contributed by atoms with E-state index >= 15 is 0 Å². The summed E-state index contributed by atoms with van der Waals surface area (Å²) >= 11 is 1.66. The van der Waals surface area contributed by atoms with Gasteiger partial charge in [0, 0.05) is 44.9 Å². The van der Waals surface area contributed by atoms with Gasteiger partial charge in [0.15, 0.2) is 5.16 Å². The minimum atomic E-state index is 0.0313. The first kappa shape index (κ1) is 13.7. The highest BCUT2D eigenvalue weighted by Gasteiger charge is 2.08. The van der Waals surface area contributed by atoms with E-state index in [1.807, 2.05) is 42.1 Å². The van der Waals surface area contributed by atoms with Crippen LogP contribution in [0.3, 0.4) is 0 Å². The largest absolute Gasteiger partial charge is 0.345 e. The SMILES string of the molecule is CN(C)C(=O)c1cccc(CSc2nccn2C)c1. The van der Waals surface area contributed by atoms with Crippen LogP contribution in [0.2, 0.25) is 0 Å². The minimum absolute atomic E-state index is 0.0313. The van der Waals surface area contributed by atoms with Crippen molar-refractivity contribution in [1.82, 2.24) is 14.5 Å². The maximum Gasteiger partial charge on any atom is 0.253 e. The summed E-state index contributed by atoms with van der Waals surface area (Å²) in [6.45, 7) is 0. The maximum atomic E-state index is 11.9. The van der Waals surface area contributed by atoms with E-state index in [-0.39, 0.29) is 5.91 Å². The van der Waals surface area contributed by atoms with E-state index < -0.39 is 0 Å². The number of nitrogens with zero attached hydrogens (tertiary/aromatic N) is 3. The number of aryl methyl sites for hydroxylation is 1. The van der Waals surface area contributed by atoms with E-state index in [1.165, 1.54) is 0 Å². The Morgan fingerprint density at radius 2 is 2.21 bits per heavy atom. The van der Waals surface area contributed by atoms with Crippen LogP contribution in [0.1, 0.15) is 15.9 Å². The molecule has 2 rings (SSSR count). The lowest BCUT2D eigenvalue weighted by Crippen LogP contribution is -2.21. The second kappa shape index (κ2) is 5.93. The van der Waals surface area contributed by atoms with E-state index in [0.29, 0.717) is 0 Å². The molecule has 2 aromatic rings. The molecule has 19 heavy (non-hydrogen) atoms. The van der Waals surface area contributed by atoms with Gasteiger partial charge in [-0.15, -0.1) is 0 Å². The average molecular weight is 275 g/mol. The fraction of sp³-hybridized carbons (Fsp3) is 0.286. The molecule has 5 heteroatoms. The van der Waals surface area contributed by atoms with Crippen molar-refractivity contribution < 1.29 is 4.79 Å². The Kier molecular flexibility index (Phi) is 4.27. The Bertz CT molecular complexity index is 578. The van der Waals surface area contributed by atoms with Gasteiger partial charge >= 0.3 is 0 Å². The summed E-state index contributed by atoms with van der Waals surface area (Å²) in [5.41, 5.74) is 1.85. The zero-order valence-electron chi connectivity index (χ0n) is 11.3. The van der Waals surface area contributed by atoms with Crippen LogP contribution in [-0.2, 0) is 12.8 Å². The summed E-state index contributed by atoms with van der Waals surface area (Å²) in [7, 11) is 5.50. The van der Waals surface area contributed by atoms with Crippen molar-refractivity contribution in [1.29, 1.82) is 0 Å². The standard InChI is InChI=1S/C14H17N3OS/c1-16(2)13(18)12-6-4-5-11(9-12)10-19-14-15-7-8-17(14)3/h4-9H,10H2,1-3H3. The normalized spacial score (nSPS) is 10.5. The molecule has 1 aromatic carbocycles. The zero-order chi connectivity index (χ0) is 13.8. The number of hydrogen-bond acceptors (Lipinski definition) is 3. The number of carbonyl (C=O) groups excluding carboxylic acids is 1. The summed E-state index contributed by atoms with van der Waals surface area (Å²) < 4.78 is 1.99. The topological polar surface area (TPSA) is 38.1 Å². The van der Waals surface area contributed by atoms with Gasteiger partial charge in [0.05, 0.1) is 0 Å². The molecular weight excluding hydrogens is 258 g/mol. The number of hydrogen-bond donors (Lipinski definition) is 0. The molecule has 0 spiro atoms. The summed E-state index contributed by atoms with van der Waals surface area (Å²) in [5, 5.41) is 0.976. The van der Waals surface area contributed by atoms with Crippen molar-refractivity contribution >= 4 is 17.7 Å². The van der Waals surface area contributed by atoms with E-state index in [4.69, 9.17) is 0 Å². The lowest BCUT2D eigenvalue weighted by Gasteiger charge is -2.11. The highest BCUT2D eigenvalue weighted by Crippen LogP contribution is 2.21. The summed E-state index contributed by atoms with van der Waals surface area (Å²) in [6, 6.07) is 7.74. The molecule has 0 fully saturated rings. The number of carbonyl (C=O) groups is 1. The molecule has 1 aromatic heterocycles. The lowest BCUT2D eigenvalue weighted by atomic mass is 10.1. The lowest BCUT2D eigenvalue weighted by molar-refractivity contribution is 0.0827. The van der Waals surface area contributed by atoms with Gasteiger partial charge < -0.3 is 9.47 Å². The van der Waals surface area contributed by atoms with Gasteiger partial charge in [-0.2, -0.15) is 0 Å². The molecule has 0 atom stereocenters. The Hall–Kier alpha value is -1.75. The first-order valence-corrected chi connectivity index (χ1v) is 6.97. The van der Waals surface area contributed by atoms with Crippen LogP contribution in [0.4, 0.5) is 0 Å². The third kappa shape index (κ3) is 3.38. The zero-order valence-corrected chi connectivity index (χ0v) is 12.1. The molecule has 0 radical (unpaired) electrons. The van der Waals surface area contributed by atoms with E-state index in [1.54, 1.807) is 37.0 Å². The fourth-order valence-corrected chi connectivity index (χ4v) is 2.57. The third-order valence-electron chi connectivity index (χ3n) is 2.73. The average Bonchev–Trinajstić information content (AvgIpc) is 2.81. The number of benzene rings is 1. The molecule has 0 N–H and O–H groups in total. The molecule has 0 aliphatic carbocycles. The molecule has 1 heterocycles. The molecule has 0 unspecified atom stereocenters. The van der Waals surface area contributed by atoms with Gasteiger partial charge in [-0.1, -0.05) is 23.9 Å². The third-order valence-corrected chi connectivity index (χ3v) is 3.85. The van der Waals surface area contributed by atoms with E-state index in [0.717, 1.165) is 22.0 Å². The predicted molar refractivity (Wildman–Crippen MR) is 77.2 cm³/mol. The van der Waals surface area contributed by atoms with Crippen molar-refractivity contribution in [3.8, 4) is 0 Å². The second-order valence-electron chi connectivity index (χ2n) is 4.51. The Morgan fingerprint density at radius 1 is 1.42 bits per heavy atom. The van der Waals surface area contributed by atoms with E-state index in [2.05, 4.69) is 4.98 Å². The maximum absolute atomic E-state index is 11.9. The van der Waals surface area contributed by atoms with Crippen LogP contribution in [0.25, 0.3) is 0 Å². The van der Waals surface area contributed by atoms with Crippen LogP contribution >= 0.6 is 11.8 Å². The fourth-order valence-electron chi connectivity index (χ4n) is 1.69. The van der Waals surface area contributed by atoms with Gasteiger partial charge in [-0.05, 0) is 17.7 Å². The van der Waals surface area contributed by atoms with Gasteiger partial charge in [0.25, 0.3) is 5.91 Å². The van der Waals surface area contributed by atoms with Crippen molar-refractivity contribution in [3.05, 3.63) is 47.8 Å². The number of thioether (sulfide) groups is 1. The molecule has 0 bridgehead atoms. The highest BCUT2D eigenvalue weighted by molar-refractivity contribution is 7.98. The Morgan fingerprint density at radius 3 is 2.84 bits per heavy atom. The Balaban J connectivity index is 2.07. The second-order valence-corrected chi connectivity index (χ2v) is 5.45. The summed E-state index contributed by atoms with van der Waals surface area (Å²) in [6.07, 6.45) is 3.71. The molecule has 0 aliphatic heterocycles. The Labute approximate surface area is 117 Å². The molecule has 4 nitrogen and oxygen atoms in total. The predicted octanol–water partition coefficient (Wildman–Crippen LogP) is 2.41. The number of aromatic nitrogens is 2. The van der Waals surface area contributed by atoms with Crippen LogP contribution in [0.5, 0.6) is 0 Å². The van der Waals surface area contributed by atoms with Crippen LogP contribution in [-0.4, -0.2) is 34.5 Å². The van der Waals surface area contributed by atoms with E-state index in [9.17, 15) is 4.79 Å². The molecule has 0 saturated heterocycles. The molecule has 0 saturated carbocycles. The smallest absolute Gasteiger partial charge is 0.253 e. The van der Waals surface area contributed by atoms with Crippen LogP contribution in [0.15, 0.2) is 41.8 Å². The monoisotopic (exact) mass is 275 g/mol. The van der Waals surface area contributed by atoms with Crippen LogP contribution in [0, 0.1) is 0 Å². The van der Waals surface area contributed by atoms with Gasteiger partial charge in [-0.3, -0.25) is 4.79 Å². The summed E-state index contributed by atoms with van der Waals surface area (Å²) in [5.74, 6) is 0.836. The number of imidazole rings is 1. The number of amides is 1. The highest BCUT2D eigenvalue weighted by atomic mass is 32.2. The molecule has 100 valence electrons. The molecule has 0 aliphatic rings. The van der Waals surface area contributed by atoms with Gasteiger partial charge in [0.2, 0.25) is 0 Å². The molecular formula is C14H17N3OS. The summed E-state index contributed by atoms with van der Waals surface area (Å²) in [4.78, 5) is 17.7.